The molecule has 0 saturated carbocycles. The minimum Gasteiger partial charge on any atom is -0.477 e. The number of carboxylic acid groups (broad SMARTS) is 1. The minimum absolute atomic E-state index is 0.00570. The SMILES string of the molecule is O=C(O)c1cnc(N2CCN(S(=O)(=O)Cc3ccccc3)CC2)s1. The predicted octanol–water partition coefficient (Wildman–Crippen LogP) is 1.49. The third kappa shape index (κ3) is 3.74. The van der Waals surface area contributed by atoms with E-state index in [0.29, 0.717) is 31.3 Å². The minimum atomic E-state index is -3.35. The number of benzene rings is 1. The maximum Gasteiger partial charge on any atom is 0.347 e. The maximum absolute atomic E-state index is 12.5. The Morgan fingerprint density at radius 1 is 1.17 bits per heavy atom. The summed E-state index contributed by atoms with van der Waals surface area (Å²) in [5, 5.41) is 9.57. The van der Waals surface area contributed by atoms with Crippen LogP contribution in [0.3, 0.4) is 0 Å². The molecule has 0 unspecified atom stereocenters. The normalized spacial score (nSPS) is 16.2. The van der Waals surface area contributed by atoms with E-state index in [9.17, 15) is 13.2 Å². The van der Waals surface area contributed by atoms with Gasteiger partial charge in [-0.05, 0) is 5.56 Å². The number of aromatic nitrogens is 1. The molecule has 0 atom stereocenters. The molecule has 2 aromatic rings. The Morgan fingerprint density at radius 3 is 2.42 bits per heavy atom. The molecule has 1 aliphatic heterocycles. The van der Waals surface area contributed by atoms with Crippen molar-refractivity contribution in [3.05, 3.63) is 47.0 Å². The monoisotopic (exact) mass is 367 g/mol. The predicted molar refractivity (Wildman–Crippen MR) is 91.9 cm³/mol. The highest BCUT2D eigenvalue weighted by atomic mass is 32.2. The van der Waals surface area contributed by atoms with Crippen molar-refractivity contribution in [3.63, 3.8) is 0 Å². The second-order valence-corrected chi connectivity index (χ2v) is 8.42. The lowest BCUT2D eigenvalue weighted by molar-refractivity contribution is 0.0702. The second-order valence-electron chi connectivity index (χ2n) is 5.44. The summed E-state index contributed by atoms with van der Waals surface area (Å²) in [6, 6.07) is 9.11. The van der Waals surface area contributed by atoms with Crippen LogP contribution >= 0.6 is 11.3 Å². The van der Waals surface area contributed by atoms with E-state index in [4.69, 9.17) is 5.11 Å². The van der Waals surface area contributed by atoms with E-state index in [1.807, 2.05) is 23.1 Å². The fourth-order valence-electron chi connectivity index (χ4n) is 2.54. The van der Waals surface area contributed by atoms with E-state index in [0.717, 1.165) is 16.9 Å². The van der Waals surface area contributed by atoms with Gasteiger partial charge in [0.05, 0.1) is 11.9 Å². The van der Waals surface area contributed by atoms with Gasteiger partial charge >= 0.3 is 5.97 Å². The van der Waals surface area contributed by atoms with Gasteiger partial charge in [0, 0.05) is 26.2 Å². The van der Waals surface area contributed by atoms with Gasteiger partial charge < -0.3 is 10.0 Å². The van der Waals surface area contributed by atoms with Gasteiger partial charge in [-0.3, -0.25) is 0 Å². The zero-order valence-corrected chi connectivity index (χ0v) is 14.5. The summed E-state index contributed by atoms with van der Waals surface area (Å²) in [5.41, 5.74) is 0.769. The fourth-order valence-corrected chi connectivity index (χ4v) is 4.87. The van der Waals surface area contributed by atoms with E-state index in [2.05, 4.69) is 4.98 Å². The summed E-state index contributed by atoms with van der Waals surface area (Å²) in [7, 11) is -3.35. The number of hydrogen-bond acceptors (Lipinski definition) is 6. The third-order valence-electron chi connectivity index (χ3n) is 3.80. The van der Waals surface area contributed by atoms with Crippen LogP contribution in [0.5, 0.6) is 0 Å². The molecule has 1 aromatic heterocycles. The van der Waals surface area contributed by atoms with Crippen LogP contribution in [-0.2, 0) is 15.8 Å². The van der Waals surface area contributed by atoms with Crippen molar-refractivity contribution in [1.29, 1.82) is 0 Å². The van der Waals surface area contributed by atoms with E-state index in [-0.39, 0.29) is 10.6 Å². The Bertz CT molecular complexity index is 812. The lowest BCUT2D eigenvalue weighted by Crippen LogP contribution is -2.49. The standard InChI is InChI=1S/C15H17N3O4S2/c19-14(20)13-10-16-15(23-13)17-6-8-18(9-7-17)24(21,22)11-12-4-2-1-3-5-12/h1-5,10H,6-9,11H2,(H,19,20). The van der Waals surface area contributed by atoms with Crippen LogP contribution in [-0.4, -0.2) is 55.0 Å². The molecule has 0 radical (unpaired) electrons. The Morgan fingerprint density at radius 2 is 1.83 bits per heavy atom. The van der Waals surface area contributed by atoms with Crippen molar-refractivity contribution in [1.82, 2.24) is 9.29 Å². The Hall–Kier alpha value is -1.97. The molecule has 9 heteroatoms. The van der Waals surface area contributed by atoms with E-state index in [1.165, 1.54) is 10.5 Å². The van der Waals surface area contributed by atoms with Gasteiger partial charge in [-0.1, -0.05) is 41.7 Å². The average Bonchev–Trinajstić information content (AvgIpc) is 3.06. The largest absolute Gasteiger partial charge is 0.477 e. The first-order chi connectivity index (χ1) is 11.5. The van der Waals surface area contributed by atoms with Crippen molar-refractivity contribution in [3.8, 4) is 0 Å². The third-order valence-corrected chi connectivity index (χ3v) is 6.69. The van der Waals surface area contributed by atoms with Gasteiger partial charge in [0.25, 0.3) is 0 Å². The van der Waals surface area contributed by atoms with Gasteiger partial charge in [-0.25, -0.2) is 18.2 Å². The van der Waals surface area contributed by atoms with Gasteiger partial charge in [0.2, 0.25) is 10.0 Å². The van der Waals surface area contributed by atoms with Crippen molar-refractivity contribution in [2.24, 2.45) is 0 Å². The van der Waals surface area contributed by atoms with E-state index in [1.54, 1.807) is 12.1 Å². The van der Waals surface area contributed by atoms with Crippen molar-refractivity contribution >= 4 is 32.5 Å². The summed E-state index contributed by atoms with van der Waals surface area (Å²) >= 11 is 1.11. The molecule has 1 aromatic carbocycles. The first kappa shape index (κ1) is 16.9. The number of hydrogen-bond donors (Lipinski definition) is 1. The first-order valence-corrected chi connectivity index (χ1v) is 9.84. The second kappa shape index (κ2) is 6.88. The van der Waals surface area contributed by atoms with E-state index >= 15 is 0 Å². The number of rotatable bonds is 5. The zero-order valence-electron chi connectivity index (χ0n) is 12.8. The molecule has 0 amide bonds. The molecule has 128 valence electrons. The maximum atomic E-state index is 12.5. The molecular formula is C15H17N3O4S2. The first-order valence-electron chi connectivity index (χ1n) is 7.41. The van der Waals surface area contributed by atoms with Crippen LogP contribution in [0, 0.1) is 0 Å². The Balaban J connectivity index is 1.62. The van der Waals surface area contributed by atoms with Crippen molar-refractivity contribution in [2.75, 3.05) is 31.1 Å². The van der Waals surface area contributed by atoms with Crippen LogP contribution in [0.2, 0.25) is 0 Å². The van der Waals surface area contributed by atoms with Crippen LogP contribution in [0.15, 0.2) is 36.5 Å². The number of nitrogens with zero attached hydrogens (tertiary/aromatic N) is 3. The molecule has 24 heavy (non-hydrogen) atoms. The quantitative estimate of drug-likeness (QED) is 0.861. The summed E-state index contributed by atoms with van der Waals surface area (Å²) in [4.78, 5) is 17.1. The topological polar surface area (TPSA) is 90.8 Å². The van der Waals surface area contributed by atoms with Crippen molar-refractivity contribution in [2.45, 2.75) is 5.75 Å². The lowest BCUT2D eigenvalue weighted by atomic mass is 10.2. The molecule has 2 heterocycles. The van der Waals surface area contributed by atoms with Gasteiger partial charge in [-0.2, -0.15) is 4.31 Å². The van der Waals surface area contributed by atoms with Crippen molar-refractivity contribution < 1.29 is 18.3 Å². The number of aromatic carboxylic acids is 1. The number of anilines is 1. The Labute approximate surface area is 144 Å². The van der Waals surface area contributed by atoms with Crippen LogP contribution in [0.25, 0.3) is 0 Å². The Kier molecular flexibility index (Phi) is 4.83. The average molecular weight is 367 g/mol. The van der Waals surface area contributed by atoms with E-state index < -0.39 is 16.0 Å². The molecule has 7 nitrogen and oxygen atoms in total. The molecule has 1 saturated heterocycles. The van der Waals surface area contributed by atoms with Crippen LogP contribution in [0.1, 0.15) is 15.2 Å². The number of sulfonamides is 1. The van der Waals surface area contributed by atoms with Crippen LogP contribution in [0.4, 0.5) is 5.13 Å². The summed E-state index contributed by atoms with van der Waals surface area (Å²) in [5.74, 6) is -1.00. The number of piperazine rings is 1. The van der Waals surface area contributed by atoms with Crippen LogP contribution < -0.4 is 4.90 Å². The molecule has 0 aliphatic carbocycles. The molecular weight excluding hydrogens is 350 g/mol. The fraction of sp³-hybridized carbons (Fsp3) is 0.333. The molecule has 0 bridgehead atoms. The van der Waals surface area contributed by atoms with Gasteiger partial charge in [-0.15, -0.1) is 0 Å². The zero-order chi connectivity index (χ0) is 17.2. The summed E-state index contributed by atoms with van der Waals surface area (Å²) in [6.45, 7) is 1.75. The lowest BCUT2D eigenvalue weighted by Gasteiger charge is -2.33. The molecule has 1 fully saturated rings. The highest BCUT2D eigenvalue weighted by Gasteiger charge is 2.28. The molecule has 1 aliphatic rings. The number of carbonyl (C=O) groups is 1. The highest BCUT2D eigenvalue weighted by molar-refractivity contribution is 7.88. The molecule has 0 spiro atoms. The molecule has 1 N–H and O–H groups in total. The number of thiazole rings is 1. The number of carboxylic acids is 1. The highest BCUT2D eigenvalue weighted by Crippen LogP contribution is 2.24. The van der Waals surface area contributed by atoms with Gasteiger partial charge in [0.1, 0.15) is 4.88 Å². The summed E-state index contributed by atoms with van der Waals surface area (Å²) in [6.07, 6.45) is 1.33. The smallest absolute Gasteiger partial charge is 0.347 e. The molecule has 3 rings (SSSR count). The van der Waals surface area contributed by atoms with Gasteiger partial charge in [0.15, 0.2) is 5.13 Å². The summed E-state index contributed by atoms with van der Waals surface area (Å²) < 4.78 is 26.5.